The minimum atomic E-state index is -0.807. The third-order valence-corrected chi connectivity index (χ3v) is 6.43. The van der Waals surface area contributed by atoms with Gasteiger partial charge in [0.15, 0.2) is 0 Å². The van der Waals surface area contributed by atoms with Crippen molar-refractivity contribution in [2.24, 2.45) is 11.7 Å². The summed E-state index contributed by atoms with van der Waals surface area (Å²) in [5, 5.41) is 10.8. The lowest BCUT2D eigenvalue weighted by atomic mass is 9.98. The Hall–Kier alpha value is -3.71. The standard InChI is InChI=1S/C27H30N4O3/c1-16-10-11-20(31-27(34)24(28)14-19-12-13-29-25(19)32)15-23(16)26(33)30-17(2)21-9-5-7-18-6-3-4-8-22(18)21/h3-11,15,17,19,24H,12-14,28H2,1-2H3,(H,29,32)(H,30,33)(H,31,34)/t17-,19-,24-/m1/s1. The molecule has 1 saturated heterocycles. The Morgan fingerprint density at radius 1 is 1.12 bits per heavy atom. The van der Waals surface area contributed by atoms with Gasteiger partial charge in [0.05, 0.1) is 12.1 Å². The highest BCUT2D eigenvalue weighted by Gasteiger charge is 2.28. The lowest BCUT2D eigenvalue weighted by Crippen LogP contribution is -2.38. The first kappa shape index (κ1) is 23.4. The molecule has 0 unspecified atom stereocenters. The van der Waals surface area contributed by atoms with Crippen LogP contribution in [0.5, 0.6) is 0 Å². The van der Waals surface area contributed by atoms with Gasteiger partial charge >= 0.3 is 0 Å². The lowest BCUT2D eigenvalue weighted by Gasteiger charge is -2.18. The Morgan fingerprint density at radius 3 is 2.65 bits per heavy atom. The fraction of sp³-hybridized carbons (Fsp3) is 0.296. The highest BCUT2D eigenvalue weighted by Crippen LogP contribution is 2.25. The van der Waals surface area contributed by atoms with Crippen molar-refractivity contribution in [1.82, 2.24) is 10.6 Å². The third-order valence-electron chi connectivity index (χ3n) is 6.43. The molecule has 176 valence electrons. The number of benzene rings is 3. The first-order valence-corrected chi connectivity index (χ1v) is 11.6. The molecule has 0 bridgehead atoms. The summed E-state index contributed by atoms with van der Waals surface area (Å²) in [7, 11) is 0. The van der Waals surface area contributed by atoms with Crippen LogP contribution in [0.25, 0.3) is 10.8 Å². The molecule has 0 spiro atoms. The van der Waals surface area contributed by atoms with Crippen LogP contribution in [-0.4, -0.2) is 30.3 Å². The van der Waals surface area contributed by atoms with Crippen LogP contribution in [0.4, 0.5) is 5.69 Å². The van der Waals surface area contributed by atoms with Gasteiger partial charge in [-0.05, 0) is 60.7 Å². The van der Waals surface area contributed by atoms with Crippen molar-refractivity contribution >= 4 is 34.2 Å². The zero-order valence-electron chi connectivity index (χ0n) is 19.4. The van der Waals surface area contributed by atoms with Gasteiger partial charge in [0.2, 0.25) is 11.8 Å². The average molecular weight is 459 g/mol. The Bertz CT molecular complexity index is 1230. The quantitative estimate of drug-likeness (QED) is 0.434. The summed E-state index contributed by atoms with van der Waals surface area (Å²) in [5.74, 6) is -0.895. The van der Waals surface area contributed by atoms with E-state index < -0.39 is 6.04 Å². The van der Waals surface area contributed by atoms with Crippen molar-refractivity contribution in [2.45, 2.75) is 38.8 Å². The predicted molar refractivity (Wildman–Crippen MR) is 133 cm³/mol. The van der Waals surface area contributed by atoms with E-state index in [-0.39, 0.29) is 29.7 Å². The molecular formula is C27H30N4O3. The maximum absolute atomic E-state index is 13.1. The zero-order valence-corrected chi connectivity index (χ0v) is 19.4. The molecule has 1 heterocycles. The maximum atomic E-state index is 13.1. The molecule has 3 aromatic rings. The van der Waals surface area contributed by atoms with E-state index in [9.17, 15) is 14.4 Å². The van der Waals surface area contributed by atoms with Gasteiger partial charge in [0, 0.05) is 23.7 Å². The molecule has 5 N–H and O–H groups in total. The Labute approximate surface area is 199 Å². The Balaban J connectivity index is 1.45. The van der Waals surface area contributed by atoms with E-state index in [1.54, 1.807) is 18.2 Å². The van der Waals surface area contributed by atoms with E-state index in [0.29, 0.717) is 30.6 Å². The molecule has 3 amide bonds. The van der Waals surface area contributed by atoms with Gasteiger partial charge in [-0.1, -0.05) is 48.5 Å². The summed E-state index contributed by atoms with van der Waals surface area (Å²) in [6.45, 7) is 4.43. The molecule has 7 heteroatoms. The fourth-order valence-electron chi connectivity index (χ4n) is 4.44. The van der Waals surface area contributed by atoms with Crippen molar-refractivity contribution in [2.75, 3.05) is 11.9 Å². The normalized spacial score (nSPS) is 17.1. The van der Waals surface area contributed by atoms with Gasteiger partial charge in [0.1, 0.15) is 0 Å². The number of rotatable bonds is 7. The lowest BCUT2D eigenvalue weighted by molar-refractivity contribution is -0.123. The molecule has 7 nitrogen and oxygen atoms in total. The van der Waals surface area contributed by atoms with Gasteiger partial charge in [-0.2, -0.15) is 0 Å². The molecule has 34 heavy (non-hydrogen) atoms. The van der Waals surface area contributed by atoms with Crippen molar-refractivity contribution in [1.29, 1.82) is 0 Å². The molecule has 4 rings (SSSR count). The molecule has 3 atom stereocenters. The summed E-state index contributed by atoms with van der Waals surface area (Å²) in [4.78, 5) is 37.5. The van der Waals surface area contributed by atoms with Crippen molar-refractivity contribution in [3.8, 4) is 0 Å². The topological polar surface area (TPSA) is 113 Å². The molecule has 3 aromatic carbocycles. The number of carbonyl (C=O) groups is 3. The van der Waals surface area contributed by atoms with Crippen LogP contribution in [0.3, 0.4) is 0 Å². The van der Waals surface area contributed by atoms with Gasteiger partial charge in [-0.25, -0.2) is 0 Å². The average Bonchev–Trinajstić information content (AvgIpc) is 3.23. The molecule has 0 saturated carbocycles. The summed E-state index contributed by atoms with van der Waals surface area (Å²) < 4.78 is 0. The third kappa shape index (κ3) is 5.10. The largest absolute Gasteiger partial charge is 0.356 e. The van der Waals surface area contributed by atoms with E-state index in [4.69, 9.17) is 5.73 Å². The van der Waals surface area contributed by atoms with Gasteiger partial charge in [-0.3, -0.25) is 14.4 Å². The van der Waals surface area contributed by atoms with E-state index >= 15 is 0 Å². The van der Waals surface area contributed by atoms with Crippen molar-refractivity contribution in [3.63, 3.8) is 0 Å². The highest BCUT2D eigenvalue weighted by molar-refractivity contribution is 6.00. The molecule has 1 aliphatic rings. The van der Waals surface area contributed by atoms with Gasteiger partial charge < -0.3 is 21.7 Å². The minimum absolute atomic E-state index is 0.0575. The van der Waals surface area contributed by atoms with Crippen molar-refractivity contribution in [3.05, 3.63) is 77.4 Å². The van der Waals surface area contributed by atoms with Crippen molar-refractivity contribution < 1.29 is 14.4 Å². The summed E-state index contributed by atoms with van der Waals surface area (Å²) in [6, 6.07) is 18.3. The number of anilines is 1. The van der Waals surface area contributed by atoms with Crippen LogP contribution in [0.2, 0.25) is 0 Å². The minimum Gasteiger partial charge on any atom is -0.356 e. The number of hydrogen-bond donors (Lipinski definition) is 4. The Kier molecular flexibility index (Phi) is 6.93. The predicted octanol–water partition coefficient (Wildman–Crippen LogP) is 3.43. The first-order valence-electron chi connectivity index (χ1n) is 11.6. The van der Waals surface area contributed by atoms with Crippen LogP contribution >= 0.6 is 0 Å². The summed E-state index contributed by atoms with van der Waals surface area (Å²) in [5.41, 5.74) is 8.85. The number of carbonyl (C=O) groups excluding carboxylic acids is 3. The van der Waals surface area contributed by atoms with E-state index in [1.807, 2.05) is 56.3 Å². The van der Waals surface area contributed by atoms with E-state index in [2.05, 4.69) is 16.0 Å². The zero-order chi connectivity index (χ0) is 24.2. The smallest absolute Gasteiger partial charge is 0.252 e. The molecule has 0 aliphatic carbocycles. The highest BCUT2D eigenvalue weighted by atomic mass is 16.2. The van der Waals surface area contributed by atoms with E-state index in [1.165, 1.54) is 0 Å². The van der Waals surface area contributed by atoms with Crippen LogP contribution in [0, 0.1) is 12.8 Å². The molecule has 0 radical (unpaired) electrons. The number of amides is 3. The second-order valence-electron chi connectivity index (χ2n) is 8.90. The van der Waals surface area contributed by atoms with E-state index in [0.717, 1.165) is 21.9 Å². The second kappa shape index (κ2) is 10.1. The van der Waals surface area contributed by atoms with Gasteiger partial charge in [0.25, 0.3) is 5.91 Å². The number of fused-ring (bicyclic) bond motifs is 1. The van der Waals surface area contributed by atoms with Crippen LogP contribution < -0.4 is 21.7 Å². The summed E-state index contributed by atoms with van der Waals surface area (Å²) in [6.07, 6.45) is 0.975. The SMILES string of the molecule is Cc1ccc(NC(=O)[C@H](N)C[C@H]2CCNC2=O)cc1C(=O)N[C@H](C)c1cccc2ccccc12. The van der Waals surface area contributed by atoms with Crippen LogP contribution in [-0.2, 0) is 9.59 Å². The fourth-order valence-corrected chi connectivity index (χ4v) is 4.44. The number of aryl methyl sites for hydroxylation is 1. The second-order valence-corrected chi connectivity index (χ2v) is 8.90. The van der Waals surface area contributed by atoms with Crippen LogP contribution in [0.1, 0.15) is 47.3 Å². The summed E-state index contributed by atoms with van der Waals surface area (Å²) >= 11 is 0. The number of hydrogen-bond acceptors (Lipinski definition) is 4. The van der Waals surface area contributed by atoms with Gasteiger partial charge in [-0.15, -0.1) is 0 Å². The first-order chi connectivity index (χ1) is 16.3. The number of nitrogens with two attached hydrogens (primary N) is 1. The molecule has 0 aromatic heterocycles. The maximum Gasteiger partial charge on any atom is 0.252 e. The molecule has 1 aliphatic heterocycles. The monoisotopic (exact) mass is 458 g/mol. The number of nitrogens with one attached hydrogen (secondary N) is 3. The Morgan fingerprint density at radius 2 is 1.88 bits per heavy atom. The molecule has 1 fully saturated rings. The molecular weight excluding hydrogens is 428 g/mol. The van der Waals surface area contributed by atoms with Crippen LogP contribution in [0.15, 0.2) is 60.7 Å².